The molecule has 1 saturated carbocycles. The highest BCUT2D eigenvalue weighted by Crippen LogP contribution is 2.48. The number of amides is 1. The van der Waals surface area contributed by atoms with E-state index in [1.807, 2.05) is 0 Å². The zero-order chi connectivity index (χ0) is 21.4. The van der Waals surface area contributed by atoms with E-state index in [1.54, 1.807) is 12.1 Å². The maximum absolute atomic E-state index is 14.4. The van der Waals surface area contributed by atoms with Crippen LogP contribution in [0.1, 0.15) is 24.3 Å². The first-order valence-electron chi connectivity index (χ1n) is 9.70. The van der Waals surface area contributed by atoms with Crippen LogP contribution < -0.4 is 5.32 Å². The molecule has 0 spiro atoms. The lowest BCUT2D eigenvalue weighted by atomic mass is 9.69. The Morgan fingerprint density at radius 3 is 2.37 bits per heavy atom. The zero-order valence-electron chi connectivity index (χ0n) is 16.0. The van der Waals surface area contributed by atoms with Crippen molar-refractivity contribution < 1.29 is 28.2 Å². The molecule has 2 aromatic carbocycles. The number of aromatic amines is 1. The predicted octanol–water partition coefficient (Wildman–Crippen LogP) is 3.22. The van der Waals surface area contributed by atoms with Crippen LogP contribution in [-0.2, 0) is 4.79 Å². The maximum Gasteiger partial charge on any atom is 0.223 e. The Kier molecular flexibility index (Phi) is 5.53. The van der Waals surface area contributed by atoms with E-state index in [4.69, 9.17) is 10.2 Å². The molecule has 1 heterocycles. The molecule has 1 aliphatic carbocycles. The summed E-state index contributed by atoms with van der Waals surface area (Å²) in [6.45, 7) is -0.734. The molecule has 3 aromatic rings. The Balaban J connectivity index is 1.67. The average molecular weight is 418 g/mol. The van der Waals surface area contributed by atoms with E-state index in [0.29, 0.717) is 35.0 Å². The summed E-state index contributed by atoms with van der Waals surface area (Å²) < 4.78 is 41.7. The molecule has 0 aliphatic heterocycles. The van der Waals surface area contributed by atoms with Gasteiger partial charge >= 0.3 is 0 Å². The van der Waals surface area contributed by atoms with Gasteiger partial charge in [-0.1, -0.05) is 0 Å². The number of carbonyl (C=O) groups is 1. The molecule has 1 fully saturated rings. The van der Waals surface area contributed by atoms with Crippen LogP contribution in [0.2, 0.25) is 0 Å². The number of nitrogens with one attached hydrogen (secondary N) is 2. The minimum atomic E-state index is -0.720. The van der Waals surface area contributed by atoms with Gasteiger partial charge in [0.1, 0.15) is 17.5 Å². The zero-order valence-corrected chi connectivity index (χ0v) is 16.0. The maximum atomic E-state index is 14.4. The van der Waals surface area contributed by atoms with Crippen molar-refractivity contribution in [2.24, 2.45) is 5.92 Å². The van der Waals surface area contributed by atoms with Crippen molar-refractivity contribution in [2.75, 3.05) is 13.2 Å². The van der Waals surface area contributed by atoms with Gasteiger partial charge in [0.15, 0.2) is 0 Å². The molecule has 4 N–H and O–H groups in total. The quantitative estimate of drug-likeness (QED) is 0.496. The molecule has 0 radical (unpaired) electrons. The third-order valence-electron chi connectivity index (χ3n) is 5.70. The first-order valence-corrected chi connectivity index (χ1v) is 9.70. The van der Waals surface area contributed by atoms with Crippen LogP contribution in [0.15, 0.2) is 36.4 Å². The van der Waals surface area contributed by atoms with Crippen molar-refractivity contribution in [3.05, 3.63) is 59.4 Å². The normalized spacial score (nSPS) is 18.6. The number of fused-ring (bicyclic) bond motifs is 1. The summed E-state index contributed by atoms with van der Waals surface area (Å²) in [4.78, 5) is 15.3. The van der Waals surface area contributed by atoms with Crippen LogP contribution in [0.4, 0.5) is 13.2 Å². The number of halogens is 3. The topological polar surface area (TPSA) is 85.3 Å². The molecule has 5 nitrogen and oxygen atoms in total. The van der Waals surface area contributed by atoms with Crippen LogP contribution in [0.3, 0.4) is 0 Å². The number of aliphatic hydroxyl groups excluding tert-OH is 2. The number of carbonyl (C=O) groups excluding carboxylic acids is 1. The van der Waals surface area contributed by atoms with Gasteiger partial charge in [-0.25, -0.2) is 13.2 Å². The summed E-state index contributed by atoms with van der Waals surface area (Å²) >= 11 is 0. The van der Waals surface area contributed by atoms with E-state index in [0.717, 1.165) is 6.07 Å². The van der Waals surface area contributed by atoms with Gasteiger partial charge in [-0.05, 0) is 60.2 Å². The van der Waals surface area contributed by atoms with Crippen molar-refractivity contribution in [1.82, 2.24) is 10.3 Å². The van der Waals surface area contributed by atoms with Crippen molar-refractivity contribution in [1.29, 1.82) is 0 Å². The number of hydrogen-bond donors (Lipinski definition) is 4. The molecule has 0 unspecified atom stereocenters. The highest BCUT2D eigenvalue weighted by atomic mass is 19.1. The molecule has 4 rings (SSSR count). The molecule has 0 bridgehead atoms. The van der Waals surface area contributed by atoms with E-state index in [1.165, 1.54) is 18.2 Å². The highest BCUT2D eigenvalue weighted by molar-refractivity contribution is 5.92. The number of hydrogen-bond acceptors (Lipinski definition) is 3. The van der Waals surface area contributed by atoms with E-state index in [9.17, 15) is 18.0 Å². The second-order valence-electron chi connectivity index (χ2n) is 7.67. The van der Waals surface area contributed by atoms with Gasteiger partial charge in [0.05, 0.1) is 30.5 Å². The lowest BCUT2D eigenvalue weighted by molar-refractivity contribution is -0.129. The molecular weight excluding hydrogens is 397 g/mol. The minimum absolute atomic E-state index is 0.127. The van der Waals surface area contributed by atoms with E-state index in [2.05, 4.69) is 10.3 Å². The highest BCUT2D eigenvalue weighted by Gasteiger charge is 2.39. The van der Waals surface area contributed by atoms with Crippen LogP contribution in [0.25, 0.3) is 22.2 Å². The molecule has 1 amide bonds. The van der Waals surface area contributed by atoms with Crippen LogP contribution in [0.5, 0.6) is 0 Å². The Morgan fingerprint density at radius 2 is 1.73 bits per heavy atom. The Bertz CT molecular complexity index is 1070. The van der Waals surface area contributed by atoms with Gasteiger partial charge in [-0.3, -0.25) is 4.79 Å². The van der Waals surface area contributed by atoms with Crippen molar-refractivity contribution in [2.45, 2.75) is 24.8 Å². The molecule has 30 heavy (non-hydrogen) atoms. The first kappa shape index (κ1) is 20.4. The molecule has 158 valence electrons. The minimum Gasteiger partial charge on any atom is -0.394 e. The van der Waals surface area contributed by atoms with E-state index < -0.39 is 23.5 Å². The second-order valence-corrected chi connectivity index (χ2v) is 7.67. The third kappa shape index (κ3) is 3.68. The van der Waals surface area contributed by atoms with Gasteiger partial charge in [-0.15, -0.1) is 0 Å². The third-order valence-corrected chi connectivity index (χ3v) is 5.70. The molecule has 0 saturated heterocycles. The molecule has 1 aromatic heterocycles. The van der Waals surface area contributed by atoms with Crippen molar-refractivity contribution in [3.63, 3.8) is 0 Å². The smallest absolute Gasteiger partial charge is 0.223 e. The fourth-order valence-electron chi connectivity index (χ4n) is 4.04. The van der Waals surface area contributed by atoms with Gasteiger partial charge in [0.2, 0.25) is 5.91 Å². The van der Waals surface area contributed by atoms with E-state index >= 15 is 0 Å². The lowest BCUT2D eigenvalue weighted by Crippen LogP contribution is -2.46. The van der Waals surface area contributed by atoms with Crippen LogP contribution in [-0.4, -0.2) is 40.4 Å². The van der Waals surface area contributed by atoms with Gasteiger partial charge in [0.25, 0.3) is 0 Å². The summed E-state index contributed by atoms with van der Waals surface area (Å²) in [6.07, 6.45) is 0.906. The average Bonchev–Trinajstić information content (AvgIpc) is 3.05. The molecule has 1 aliphatic rings. The lowest BCUT2D eigenvalue weighted by Gasteiger charge is -2.35. The van der Waals surface area contributed by atoms with Crippen LogP contribution in [0, 0.1) is 23.4 Å². The predicted molar refractivity (Wildman–Crippen MR) is 105 cm³/mol. The SMILES string of the molecule is O=C(NC(CO)CO)C1CC(c2c(-c3ccc(F)cc3)[nH]c3c(F)cc(F)cc23)C1. The van der Waals surface area contributed by atoms with Gasteiger partial charge < -0.3 is 20.5 Å². The summed E-state index contributed by atoms with van der Waals surface area (Å²) in [7, 11) is 0. The van der Waals surface area contributed by atoms with Gasteiger partial charge in [-0.2, -0.15) is 0 Å². The van der Waals surface area contributed by atoms with Crippen molar-refractivity contribution >= 4 is 16.8 Å². The Hall–Kier alpha value is -2.84. The molecule has 0 atom stereocenters. The Morgan fingerprint density at radius 1 is 1.07 bits per heavy atom. The first-order chi connectivity index (χ1) is 14.4. The second kappa shape index (κ2) is 8.12. The summed E-state index contributed by atoms with van der Waals surface area (Å²) in [5.74, 6) is -2.57. The number of aliphatic hydroxyl groups is 2. The number of aromatic nitrogens is 1. The fourth-order valence-corrected chi connectivity index (χ4v) is 4.04. The number of rotatable bonds is 6. The molecule has 8 heteroatoms. The van der Waals surface area contributed by atoms with Gasteiger partial charge in [0, 0.05) is 17.4 Å². The summed E-state index contributed by atoms with van der Waals surface area (Å²) in [6, 6.07) is 7.06. The summed E-state index contributed by atoms with van der Waals surface area (Å²) in [5.41, 5.74) is 2.07. The standard InChI is InChI=1S/C22H21F3N2O3/c23-14-3-1-11(2-4-14)20-19(17-7-15(24)8-18(25)21(17)27-20)12-5-13(6-12)22(30)26-16(9-28)10-29/h1-4,7-8,12-13,16,27-29H,5-6,9-10H2,(H,26,30). The monoisotopic (exact) mass is 418 g/mol. The number of H-pyrrole nitrogens is 1. The summed E-state index contributed by atoms with van der Waals surface area (Å²) in [5, 5.41) is 21.2. The molecular formula is C22H21F3N2O3. The van der Waals surface area contributed by atoms with Crippen LogP contribution >= 0.6 is 0 Å². The Labute approximate surface area is 170 Å². The van der Waals surface area contributed by atoms with E-state index in [-0.39, 0.29) is 36.5 Å². The number of benzene rings is 2. The fraction of sp³-hybridized carbons (Fsp3) is 0.318. The van der Waals surface area contributed by atoms with Crippen molar-refractivity contribution in [3.8, 4) is 11.3 Å². The largest absolute Gasteiger partial charge is 0.394 e.